The average Bonchev–Trinajstić information content (AvgIpc) is 3.13. The first-order valence-corrected chi connectivity index (χ1v) is 9.97. The topological polar surface area (TPSA) is 0 Å². The summed E-state index contributed by atoms with van der Waals surface area (Å²) in [6.45, 7) is 0. The smallest absolute Gasteiger partial charge is 0.0663 e. The van der Waals surface area contributed by atoms with Crippen LogP contribution >= 0.6 is 27.7 Å². The first-order chi connectivity index (χ1) is 11.8. The highest BCUT2D eigenvalue weighted by Gasteiger charge is 2.37. The fourth-order valence-corrected chi connectivity index (χ4v) is 5.90. The second-order valence-electron chi connectivity index (χ2n) is 6.58. The van der Waals surface area contributed by atoms with Crippen LogP contribution in [0, 0.1) is 0 Å². The van der Waals surface area contributed by atoms with Crippen LogP contribution in [0.25, 0.3) is 28.3 Å². The normalized spacial score (nSPS) is 18.1. The fourth-order valence-electron chi connectivity index (χ4n) is 4.20. The molecule has 1 unspecified atom stereocenters. The summed E-state index contributed by atoms with van der Waals surface area (Å²) in [4.78, 5) is 3.20. The first-order valence-electron chi connectivity index (χ1n) is 8.24. The molecule has 6 rings (SSSR count). The molecule has 114 valence electrons. The predicted molar refractivity (Wildman–Crippen MR) is 105 cm³/mol. The molecule has 3 aliphatic rings. The van der Waals surface area contributed by atoms with Gasteiger partial charge in [0, 0.05) is 15.4 Å². The van der Waals surface area contributed by atoms with E-state index in [1.54, 1.807) is 0 Å². The first kappa shape index (κ1) is 13.5. The van der Waals surface area contributed by atoms with Crippen molar-refractivity contribution in [1.82, 2.24) is 0 Å². The number of fused-ring (bicyclic) bond motifs is 5. The standard InChI is InChI=1S/C22H13BrS/c23-21-16-8-2-1-7-14(16)17-11-18-22(24-18)20(19(17)21)15-10-4-6-12-5-3-9-13(12)15/h1-4,6-11,21H,5H2. The molecular formula is C22H13BrS. The van der Waals surface area contributed by atoms with Crippen LogP contribution in [-0.2, 0) is 6.42 Å². The van der Waals surface area contributed by atoms with Crippen molar-refractivity contribution in [2.24, 2.45) is 0 Å². The van der Waals surface area contributed by atoms with E-state index in [0.29, 0.717) is 0 Å². The zero-order valence-electron chi connectivity index (χ0n) is 12.8. The van der Waals surface area contributed by atoms with Crippen LogP contribution in [0.5, 0.6) is 0 Å². The SMILES string of the molecule is BrC1c2ccccc2-c2cc3c(c(-c4cccc5c4C=CC5)c21)S3. The van der Waals surface area contributed by atoms with Crippen LogP contribution in [0.4, 0.5) is 0 Å². The van der Waals surface area contributed by atoms with Crippen LogP contribution < -0.4 is 0 Å². The number of halogens is 1. The molecule has 2 heteroatoms. The van der Waals surface area contributed by atoms with Crippen molar-refractivity contribution >= 4 is 33.8 Å². The molecule has 0 amide bonds. The van der Waals surface area contributed by atoms with Gasteiger partial charge in [0.2, 0.25) is 0 Å². The summed E-state index contributed by atoms with van der Waals surface area (Å²) >= 11 is 5.93. The van der Waals surface area contributed by atoms with Crippen LogP contribution in [0.1, 0.15) is 27.1 Å². The van der Waals surface area contributed by atoms with E-state index in [4.69, 9.17) is 0 Å². The number of allylic oxidation sites excluding steroid dienone is 1. The van der Waals surface area contributed by atoms with E-state index < -0.39 is 0 Å². The molecule has 0 radical (unpaired) electrons. The minimum atomic E-state index is 0.284. The quantitative estimate of drug-likeness (QED) is 0.253. The van der Waals surface area contributed by atoms with Crippen LogP contribution in [0.2, 0.25) is 0 Å². The molecule has 3 aromatic rings. The van der Waals surface area contributed by atoms with Gasteiger partial charge in [-0.2, -0.15) is 0 Å². The van der Waals surface area contributed by atoms with Gasteiger partial charge in [0.15, 0.2) is 0 Å². The molecular weight excluding hydrogens is 376 g/mol. The van der Waals surface area contributed by atoms with Gasteiger partial charge in [-0.25, -0.2) is 0 Å². The Labute approximate surface area is 153 Å². The molecule has 2 aliphatic carbocycles. The molecule has 3 aromatic carbocycles. The van der Waals surface area contributed by atoms with Gasteiger partial charge in [0.25, 0.3) is 0 Å². The van der Waals surface area contributed by atoms with Crippen molar-refractivity contribution < 1.29 is 0 Å². The monoisotopic (exact) mass is 388 g/mol. The Morgan fingerprint density at radius 3 is 2.79 bits per heavy atom. The van der Waals surface area contributed by atoms with Crippen LogP contribution in [0.15, 0.2) is 64.4 Å². The lowest BCUT2D eigenvalue weighted by atomic mass is 9.91. The summed E-state index contributed by atoms with van der Waals surface area (Å²) in [5.74, 6) is 0. The van der Waals surface area contributed by atoms with Crippen molar-refractivity contribution in [3.63, 3.8) is 0 Å². The third-order valence-electron chi connectivity index (χ3n) is 5.32. The molecule has 0 spiro atoms. The molecule has 1 aliphatic heterocycles. The summed E-state index contributed by atoms with van der Waals surface area (Å²) in [7, 11) is 0. The Balaban J connectivity index is 1.70. The molecule has 0 N–H and O–H groups in total. The van der Waals surface area contributed by atoms with E-state index in [1.165, 1.54) is 54.3 Å². The van der Waals surface area contributed by atoms with Crippen molar-refractivity contribution in [1.29, 1.82) is 0 Å². The third kappa shape index (κ3) is 1.66. The van der Waals surface area contributed by atoms with E-state index in [9.17, 15) is 0 Å². The summed E-state index contributed by atoms with van der Waals surface area (Å²) in [6, 6.07) is 18.0. The number of hydrogen-bond acceptors (Lipinski definition) is 1. The maximum absolute atomic E-state index is 3.99. The largest absolute Gasteiger partial charge is 0.0870 e. The second-order valence-corrected chi connectivity index (χ2v) is 8.54. The van der Waals surface area contributed by atoms with Crippen LogP contribution in [-0.4, -0.2) is 0 Å². The van der Waals surface area contributed by atoms with Gasteiger partial charge < -0.3 is 0 Å². The lowest BCUT2D eigenvalue weighted by Gasteiger charge is -2.14. The van der Waals surface area contributed by atoms with Crippen molar-refractivity contribution in [3.05, 3.63) is 76.9 Å². The zero-order valence-corrected chi connectivity index (χ0v) is 15.2. The van der Waals surface area contributed by atoms with Gasteiger partial charge in [0.05, 0.1) is 4.83 Å². The highest BCUT2D eigenvalue weighted by Crippen LogP contribution is 2.63. The van der Waals surface area contributed by atoms with Gasteiger partial charge >= 0.3 is 0 Å². The maximum Gasteiger partial charge on any atom is 0.0663 e. The van der Waals surface area contributed by atoms with Gasteiger partial charge in [0.1, 0.15) is 0 Å². The number of benzene rings is 3. The predicted octanol–water partition coefficient (Wildman–Crippen LogP) is 6.85. The molecule has 1 atom stereocenters. The van der Waals surface area contributed by atoms with Crippen molar-refractivity contribution in [2.75, 3.05) is 0 Å². The van der Waals surface area contributed by atoms with Gasteiger partial charge in [-0.05, 0) is 51.4 Å². The van der Waals surface area contributed by atoms with E-state index in [1.807, 2.05) is 11.8 Å². The molecule has 0 saturated heterocycles. The highest BCUT2D eigenvalue weighted by molar-refractivity contribution is 9.09. The summed E-state index contributed by atoms with van der Waals surface area (Å²) in [5, 5.41) is 0. The Kier molecular flexibility index (Phi) is 2.62. The number of hydrogen-bond donors (Lipinski definition) is 0. The van der Waals surface area contributed by atoms with Crippen molar-refractivity contribution in [2.45, 2.75) is 21.0 Å². The number of rotatable bonds is 1. The molecule has 0 saturated carbocycles. The molecule has 0 aromatic heterocycles. The number of alkyl halides is 1. The Morgan fingerprint density at radius 1 is 0.958 bits per heavy atom. The van der Waals surface area contributed by atoms with Gasteiger partial charge in [-0.1, -0.05) is 82.3 Å². The van der Waals surface area contributed by atoms with Gasteiger partial charge in [-0.15, -0.1) is 0 Å². The van der Waals surface area contributed by atoms with E-state index in [0.717, 1.165) is 6.42 Å². The third-order valence-corrected chi connectivity index (χ3v) is 7.24. The lowest BCUT2D eigenvalue weighted by Crippen LogP contribution is -1.94. The van der Waals surface area contributed by atoms with Crippen LogP contribution in [0.3, 0.4) is 0 Å². The average molecular weight is 389 g/mol. The van der Waals surface area contributed by atoms with Crippen molar-refractivity contribution in [3.8, 4) is 22.3 Å². The van der Waals surface area contributed by atoms with Gasteiger partial charge in [-0.3, -0.25) is 0 Å². The van der Waals surface area contributed by atoms with E-state index in [2.05, 4.69) is 76.6 Å². The zero-order chi connectivity index (χ0) is 15.8. The maximum atomic E-state index is 3.99. The molecule has 24 heavy (non-hydrogen) atoms. The Hall–Kier alpha value is -1.77. The molecule has 0 fully saturated rings. The fraction of sp³-hybridized carbons (Fsp3) is 0.0909. The highest BCUT2D eigenvalue weighted by atomic mass is 79.9. The summed E-state index contributed by atoms with van der Waals surface area (Å²) < 4.78 is 0. The Morgan fingerprint density at radius 2 is 1.83 bits per heavy atom. The summed E-state index contributed by atoms with van der Waals surface area (Å²) in [6.07, 6.45) is 5.64. The Bertz CT molecular complexity index is 1080. The molecule has 0 nitrogen and oxygen atoms in total. The van der Waals surface area contributed by atoms with E-state index >= 15 is 0 Å². The minimum absolute atomic E-state index is 0.284. The minimum Gasteiger partial charge on any atom is -0.0870 e. The summed E-state index contributed by atoms with van der Waals surface area (Å²) in [5.41, 5.74) is 11.4. The molecule has 0 bridgehead atoms. The van der Waals surface area contributed by atoms with E-state index in [-0.39, 0.29) is 4.83 Å². The second kappa shape index (κ2) is 4.65. The molecule has 1 heterocycles. The lowest BCUT2D eigenvalue weighted by molar-refractivity contribution is 1.21.